The number of aromatic nitrogens is 1. The molecule has 0 aliphatic rings. The number of alkyl halides is 1. The van der Waals surface area contributed by atoms with Gasteiger partial charge in [-0.1, -0.05) is 6.07 Å². The number of hydrogen-bond donors (Lipinski definition) is 0. The molecule has 0 spiro atoms. The smallest absolute Gasteiger partial charge is 0.216 e. The molecule has 0 saturated heterocycles. The monoisotopic (exact) mass is 190 g/mol. The predicted octanol–water partition coefficient (Wildman–Crippen LogP) is 3.23. The van der Waals surface area contributed by atoms with E-state index in [1.54, 1.807) is 0 Å². The SMILES string of the molecule is [C-]#[N+]c1c(CCl)cn2ccccc12. The quantitative estimate of drug-likeness (QED) is 0.482. The summed E-state index contributed by atoms with van der Waals surface area (Å²) in [6.45, 7) is 7.04. The molecule has 0 atom stereocenters. The van der Waals surface area contributed by atoms with Crippen molar-refractivity contribution >= 4 is 22.8 Å². The van der Waals surface area contributed by atoms with Gasteiger partial charge in [0.2, 0.25) is 5.69 Å². The third-order valence-electron chi connectivity index (χ3n) is 1.99. The van der Waals surface area contributed by atoms with Crippen LogP contribution in [0.25, 0.3) is 10.4 Å². The number of rotatable bonds is 1. The van der Waals surface area contributed by atoms with Crippen LogP contribution >= 0.6 is 11.6 Å². The van der Waals surface area contributed by atoms with Crippen molar-refractivity contribution in [2.24, 2.45) is 0 Å². The molecule has 0 amide bonds. The summed E-state index contributed by atoms with van der Waals surface area (Å²) in [6.07, 6.45) is 3.82. The van der Waals surface area contributed by atoms with Gasteiger partial charge in [-0.15, -0.1) is 11.6 Å². The summed E-state index contributed by atoms with van der Waals surface area (Å²) in [5, 5.41) is 0. The molecule has 2 heterocycles. The first kappa shape index (κ1) is 8.15. The molecular formula is C10H7ClN2. The van der Waals surface area contributed by atoms with Crippen LogP contribution in [-0.4, -0.2) is 4.40 Å². The number of nitrogens with zero attached hydrogens (tertiary/aromatic N) is 2. The molecule has 3 heteroatoms. The fourth-order valence-electron chi connectivity index (χ4n) is 1.39. The Bertz CT molecular complexity index is 479. The lowest BCUT2D eigenvalue weighted by molar-refractivity contribution is 1.18. The number of fused-ring (bicyclic) bond motifs is 1. The van der Waals surface area contributed by atoms with Crippen LogP contribution in [0.3, 0.4) is 0 Å². The van der Waals surface area contributed by atoms with Crippen molar-refractivity contribution in [2.45, 2.75) is 5.88 Å². The van der Waals surface area contributed by atoms with Crippen molar-refractivity contribution in [1.82, 2.24) is 4.40 Å². The Morgan fingerprint density at radius 2 is 2.31 bits per heavy atom. The van der Waals surface area contributed by atoms with Gasteiger partial charge in [-0.3, -0.25) is 0 Å². The van der Waals surface area contributed by atoms with E-state index in [1.807, 2.05) is 35.0 Å². The van der Waals surface area contributed by atoms with Crippen LogP contribution in [0, 0.1) is 6.57 Å². The fraction of sp³-hybridized carbons (Fsp3) is 0.100. The highest BCUT2D eigenvalue weighted by molar-refractivity contribution is 6.17. The molecule has 0 N–H and O–H groups in total. The number of hydrogen-bond acceptors (Lipinski definition) is 0. The summed E-state index contributed by atoms with van der Waals surface area (Å²) in [5.74, 6) is 0.388. The van der Waals surface area contributed by atoms with E-state index in [9.17, 15) is 0 Å². The zero-order valence-electron chi connectivity index (χ0n) is 6.87. The average molecular weight is 191 g/mol. The van der Waals surface area contributed by atoms with Gasteiger partial charge in [0.25, 0.3) is 0 Å². The standard InChI is InChI=1S/C10H7ClN2/c1-12-10-8(6-11)7-13-5-3-2-4-9(10)13/h2-5,7H,6H2. The minimum absolute atomic E-state index is 0.388. The average Bonchev–Trinajstić information content (AvgIpc) is 2.55. The topological polar surface area (TPSA) is 8.77 Å². The first-order chi connectivity index (χ1) is 6.36. The van der Waals surface area contributed by atoms with Gasteiger partial charge < -0.3 is 4.40 Å². The van der Waals surface area contributed by atoms with Crippen LogP contribution in [0.5, 0.6) is 0 Å². The van der Waals surface area contributed by atoms with E-state index in [4.69, 9.17) is 18.2 Å². The largest absolute Gasteiger partial charge is 0.335 e. The van der Waals surface area contributed by atoms with Gasteiger partial charge in [0.05, 0.1) is 12.1 Å². The maximum atomic E-state index is 7.04. The van der Waals surface area contributed by atoms with Gasteiger partial charge in [0.15, 0.2) is 0 Å². The van der Waals surface area contributed by atoms with Gasteiger partial charge in [0.1, 0.15) is 0 Å². The van der Waals surface area contributed by atoms with Crippen LogP contribution in [0.2, 0.25) is 0 Å². The molecule has 64 valence electrons. The van der Waals surface area contributed by atoms with Crippen molar-refractivity contribution in [1.29, 1.82) is 0 Å². The van der Waals surface area contributed by atoms with Gasteiger partial charge in [-0.05, 0) is 17.7 Å². The van der Waals surface area contributed by atoms with Crippen LogP contribution in [0.15, 0.2) is 30.6 Å². The van der Waals surface area contributed by atoms with E-state index in [1.165, 1.54) is 0 Å². The van der Waals surface area contributed by atoms with E-state index in [0.717, 1.165) is 11.1 Å². The van der Waals surface area contributed by atoms with Crippen LogP contribution in [0.4, 0.5) is 5.69 Å². The lowest BCUT2D eigenvalue weighted by atomic mass is 10.3. The van der Waals surface area contributed by atoms with Crippen molar-refractivity contribution in [3.8, 4) is 0 Å². The Labute approximate surface area is 81.2 Å². The zero-order valence-corrected chi connectivity index (χ0v) is 7.62. The lowest BCUT2D eigenvalue weighted by Gasteiger charge is -1.91. The molecule has 13 heavy (non-hydrogen) atoms. The molecule has 0 fully saturated rings. The molecule has 2 nitrogen and oxygen atoms in total. The minimum atomic E-state index is 0.388. The first-order valence-electron chi connectivity index (χ1n) is 3.89. The van der Waals surface area contributed by atoms with Crippen molar-refractivity contribution in [2.75, 3.05) is 0 Å². The summed E-state index contributed by atoms with van der Waals surface area (Å²) in [4.78, 5) is 3.47. The lowest BCUT2D eigenvalue weighted by Crippen LogP contribution is -1.76. The third kappa shape index (κ3) is 1.18. The van der Waals surface area contributed by atoms with Crippen molar-refractivity contribution in [3.05, 3.63) is 47.6 Å². The number of halogens is 1. The molecule has 2 rings (SSSR count). The van der Waals surface area contributed by atoms with E-state index < -0.39 is 0 Å². The predicted molar refractivity (Wildman–Crippen MR) is 53.2 cm³/mol. The van der Waals surface area contributed by atoms with Gasteiger partial charge in [-0.2, -0.15) is 0 Å². The van der Waals surface area contributed by atoms with Crippen molar-refractivity contribution in [3.63, 3.8) is 0 Å². The fourth-order valence-corrected chi connectivity index (χ4v) is 1.59. The second-order valence-corrected chi connectivity index (χ2v) is 3.01. The minimum Gasteiger partial charge on any atom is -0.335 e. The molecule has 0 aromatic carbocycles. The zero-order chi connectivity index (χ0) is 9.26. The molecule has 2 aromatic rings. The molecule has 2 aromatic heterocycles. The number of pyridine rings is 1. The normalized spacial score (nSPS) is 10.2. The third-order valence-corrected chi connectivity index (χ3v) is 2.28. The molecule has 0 aliphatic heterocycles. The van der Waals surface area contributed by atoms with Crippen LogP contribution < -0.4 is 0 Å². The first-order valence-corrected chi connectivity index (χ1v) is 4.42. The second kappa shape index (κ2) is 3.12. The molecule has 0 bridgehead atoms. The maximum absolute atomic E-state index is 7.04. The van der Waals surface area contributed by atoms with Gasteiger partial charge >= 0.3 is 0 Å². The molecule has 0 saturated carbocycles. The van der Waals surface area contributed by atoms with Crippen LogP contribution in [0.1, 0.15) is 5.56 Å². The van der Waals surface area contributed by atoms with Crippen LogP contribution in [-0.2, 0) is 5.88 Å². The Morgan fingerprint density at radius 1 is 1.46 bits per heavy atom. The van der Waals surface area contributed by atoms with Crippen molar-refractivity contribution < 1.29 is 0 Å². The Balaban J connectivity index is 2.83. The van der Waals surface area contributed by atoms with E-state index in [2.05, 4.69) is 4.85 Å². The summed E-state index contributed by atoms with van der Waals surface area (Å²) in [5.41, 5.74) is 2.48. The maximum Gasteiger partial charge on any atom is 0.216 e. The summed E-state index contributed by atoms with van der Waals surface area (Å²) < 4.78 is 1.92. The summed E-state index contributed by atoms with van der Waals surface area (Å²) in [6, 6.07) is 5.77. The van der Waals surface area contributed by atoms with E-state index in [-0.39, 0.29) is 0 Å². The Hall–Kier alpha value is -1.46. The summed E-state index contributed by atoms with van der Waals surface area (Å²) in [7, 11) is 0. The molecule has 0 unspecified atom stereocenters. The summed E-state index contributed by atoms with van der Waals surface area (Å²) >= 11 is 5.73. The molecule has 0 aliphatic carbocycles. The molecular weight excluding hydrogens is 184 g/mol. The van der Waals surface area contributed by atoms with Gasteiger partial charge in [-0.25, -0.2) is 4.85 Å². The van der Waals surface area contributed by atoms with E-state index >= 15 is 0 Å². The highest BCUT2D eigenvalue weighted by Gasteiger charge is 2.07. The highest BCUT2D eigenvalue weighted by Crippen LogP contribution is 2.28. The molecule has 0 radical (unpaired) electrons. The second-order valence-electron chi connectivity index (χ2n) is 2.74. The Morgan fingerprint density at radius 3 is 3.00 bits per heavy atom. The van der Waals surface area contributed by atoms with Gasteiger partial charge in [0, 0.05) is 18.3 Å². The Kier molecular flexibility index (Phi) is 1.96. The van der Waals surface area contributed by atoms with E-state index in [0.29, 0.717) is 11.6 Å². The highest BCUT2D eigenvalue weighted by atomic mass is 35.5.